The maximum Gasteiger partial charge on any atom is 0.328 e. The molecule has 7 nitrogen and oxygen atoms in total. The van der Waals surface area contributed by atoms with Crippen LogP contribution in [0, 0.1) is 0 Å². The minimum atomic E-state index is -0.910. The number of methoxy groups -OCH3 is 2. The molecule has 1 aromatic carbocycles. The second kappa shape index (κ2) is 10.3. The summed E-state index contributed by atoms with van der Waals surface area (Å²) in [6.45, 7) is 0.0971. The molecule has 0 spiro atoms. The third-order valence-electron chi connectivity index (χ3n) is 3.03. The Balaban J connectivity index is 2.40. The van der Waals surface area contributed by atoms with Crippen molar-refractivity contribution in [3.63, 3.8) is 0 Å². The molecule has 0 aliphatic carbocycles. The average Bonchev–Trinajstić information content (AvgIpc) is 2.58. The lowest BCUT2D eigenvalue weighted by Crippen LogP contribution is -2.43. The summed E-state index contributed by atoms with van der Waals surface area (Å²) in [5.74, 6) is -1.54. The second-order valence-electron chi connectivity index (χ2n) is 4.74. The molecule has 0 aromatic heterocycles. The van der Waals surface area contributed by atoms with Crippen LogP contribution < -0.4 is 5.32 Å². The molecule has 0 saturated heterocycles. The molecule has 0 saturated carbocycles. The monoisotopic (exact) mass is 323 g/mol. The summed E-state index contributed by atoms with van der Waals surface area (Å²) in [5.41, 5.74) is 0.940. The summed E-state index contributed by atoms with van der Waals surface area (Å²) in [5, 5.41) is 2.49. The van der Waals surface area contributed by atoms with Gasteiger partial charge in [-0.25, -0.2) is 4.79 Å². The van der Waals surface area contributed by atoms with E-state index in [1.807, 2.05) is 30.3 Å². The van der Waals surface area contributed by atoms with Crippen LogP contribution in [-0.4, -0.2) is 44.7 Å². The van der Waals surface area contributed by atoms with E-state index in [4.69, 9.17) is 4.74 Å². The minimum Gasteiger partial charge on any atom is -0.469 e. The topological polar surface area (TPSA) is 90.9 Å². The van der Waals surface area contributed by atoms with Crippen LogP contribution >= 0.6 is 0 Å². The molecule has 1 rings (SSSR count). The van der Waals surface area contributed by atoms with Crippen molar-refractivity contribution in [1.29, 1.82) is 0 Å². The zero-order chi connectivity index (χ0) is 17.1. The first kappa shape index (κ1) is 18.6. The number of benzene rings is 1. The number of carbonyl (C=O) groups excluding carboxylic acids is 3. The van der Waals surface area contributed by atoms with Crippen molar-refractivity contribution in [3.8, 4) is 0 Å². The van der Waals surface area contributed by atoms with Crippen LogP contribution in [0.15, 0.2) is 30.3 Å². The van der Waals surface area contributed by atoms with E-state index in [0.717, 1.165) is 5.56 Å². The lowest BCUT2D eigenvalue weighted by molar-refractivity contribution is -0.147. The third kappa shape index (κ3) is 7.42. The van der Waals surface area contributed by atoms with Gasteiger partial charge in [-0.3, -0.25) is 9.59 Å². The number of amides is 1. The van der Waals surface area contributed by atoms with Crippen molar-refractivity contribution >= 4 is 17.8 Å². The number of esters is 2. The van der Waals surface area contributed by atoms with Gasteiger partial charge < -0.3 is 19.5 Å². The van der Waals surface area contributed by atoms with Crippen molar-refractivity contribution in [3.05, 3.63) is 35.9 Å². The van der Waals surface area contributed by atoms with Crippen molar-refractivity contribution < 1.29 is 28.6 Å². The van der Waals surface area contributed by atoms with Crippen molar-refractivity contribution in [2.75, 3.05) is 20.8 Å². The number of hydrogen-bond acceptors (Lipinski definition) is 6. The molecule has 0 heterocycles. The maximum absolute atomic E-state index is 11.8. The summed E-state index contributed by atoms with van der Waals surface area (Å²) in [7, 11) is 2.47. The van der Waals surface area contributed by atoms with Crippen LogP contribution in [0.5, 0.6) is 0 Å². The number of ether oxygens (including phenoxy) is 3. The second-order valence-corrected chi connectivity index (χ2v) is 4.74. The smallest absolute Gasteiger partial charge is 0.328 e. The van der Waals surface area contributed by atoms with Gasteiger partial charge in [0.25, 0.3) is 0 Å². The van der Waals surface area contributed by atoms with Gasteiger partial charge in [-0.2, -0.15) is 0 Å². The van der Waals surface area contributed by atoms with Gasteiger partial charge in [-0.1, -0.05) is 30.3 Å². The van der Waals surface area contributed by atoms with Crippen LogP contribution in [0.25, 0.3) is 0 Å². The Kier molecular flexibility index (Phi) is 8.38. The van der Waals surface area contributed by atoms with Gasteiger partial charge in [-0.15, -0.1) is 0 Å². The van der Waals surface area contributed by atoms with Crippen LogP contribution in [0.1, 0.15) is 18.4 Å². The first-order valence-electron chi connectivity index (χ1n) is 7.12. The molecule has 1 amide bonds. The molecule has 0 unspecified atom stereocenters. The van der Waals surface area contributed by atoms with Gasteiger partial charge in [0.1, 0.15) is 12.6 Å². The average molecular weight is 323 g/mol. The molecule has 0 fully saturated rings. The zero-order valence-corrected chi connectivity index (χ0v) is 13.2. The molecule has 1 atom stereocenters. The fraction of sp³-hybridized carbons (Fsp3) is 0.438. The van der Waals surface area contributed by atoms with Crippen molar-refractivity contribution in [2.45, 2.75) is 25.5 Å². The number of hydrogen-bond donors (Lipinski definition) is 1. The van der Waals surface area contributed by atoms with E-state index in [-0.39, 0.29) is 19.4 Å². The summed E-state index contributed by atoms with van der Waals surface area (Å²) < 4.78 is 14.4. The zero-order valence-electron chi connectivity index (χ0n) is 13.2. The molecule has 126 valence electrons. The largest absolute Gasteiger partial charge is 0.469 e. The fourth-order valence-corrected chi connectivity index (χ4v) is 1.83. The molecule has 1 aromatic rings. The van der Waals surface area contributed by atoms with E-state index < -0.39 is 23.9 Å². The molecule has 0 bridgehead atoms. The highest BCUT2D eigenvalue weighted by Gasteiger charge is 2.22. The molecule has 1 N–H and O–H groups in total. The van der Waals surface area contributed by atoms with Gasteiger partial charge in [-0.05, 0) is 12.0 Å². The van der Waals surface area contributed by atoms with Crippen LogP contribution in [0.3, 0.4) is 0 Å². The number of nitrogens with one attached hydrogen (secondary N) is 1. The van der Waals surface area contributed by atoms with E-state index >= 15 is 0 Å². The Morgan fingerprint density at radius 2 is 1.78 bits per heavy atom. The summed E-state index contributed by atoms with van der Waals surface area (Å²) in [4.78, 5) is 34.6. The van der Waals surface area contributed by atoms with E-state index in [0.29, 0.717) is 6.61 Å². The van der Waals surface area contributed by atoms with Crippen LogP contribution in [-0.2, 0) is 35.2 Å². The number of rotatable bonds is 9. The van der Waals surface area contributed by atoms with Gasteiger partial charge in [0.2, 0.25) is 5.91 Å². The SMILES string of the molecule is COC(=O)CC[C@@H](NC(=O)COCc1ccccc1)C(=O)OC. The maximum atomic E-state index is 11.8. The van der Waals surface area contributed by atoms with E-state index in [1.54, 1.807) is 0 Å². The number of carbonyl (C=O) groups is 3. The highest BCUT2D eigenvalue weighted by atomic mass is 16.5. The predicted octanol–water partition coefficient (Wildman–Crippen LogP) is 0.814. The Morgan fingerprint density at radius 3 is 2.39 bits per heavy atom. The quantitative estimate of drug-likeness (QED) is 0.676. The Morgan fingerprint density at radius 1 is 1.09 bits per heavy atom. The van der Waals surface area contributed by atoms with Gasteiger partial charge in [0.05, 0.1) is 20.8 Å². The molecular weight excluding hydrogens is 302 g/mol. The first-order valence-corrected chi connectivity index (χ1v) is 7.12. The highest BCUT2D eigenvalue weighted by Crippen LogP contribution is 2.03. The third-order valence-corrected chi connectivity index (χ3v) is 3.03. The van der Waals surface area contributed by atoms with Crippen molar-refractivity contribution in [2.24, 2.45) is 0 Å². The predicted molar refractivity (Wildman–Crippen MR) is 81.3 cm³/mol. The molecular formula is C16H21NO6. The van der Waals surface area contributed by atoms with Gasteiger partial charge >= 0.3 is 11.9 Å². The molecule has 0 aliphatic rings. The summed E-state index contributed by atoms with van der Waals surface area (Å²) in [6.07, 6.45) is 0.102. The Hall–Kier alpha value is -2.41. The minimum absolute atomic E-state index is 0.00141. The Labute approximate surface area is 134 Å². The normalized spacial score (nSPS) is 11.4. The van der Waals surface area contributed by atoms with Crippen molar-refractivity contribution in [1.82, 2.24) is 5.32 Å². The summed E-state index contributed by atoms with van der Waals surface area (Å²) in [6, 6.07) is 8.49. The fourth-order valence-electron chi connectivity index (χ4n) is 1.83. The molecule has 7 heteroatoms. The van der Waals surface area contributed by atoms with Crippen LogP contribution in [0.4, 0.5) is 0 Å². The molecule has 0 radical (unpaired) electrons. The van der Waals surface area contributed by atoms with Gasteiger partial charge in [0, 0.05) is 6.42 Å². The lowest BCUT2D eigenvalue weighted by atomic mass is 10.1. The van der Waals surface area contributed by atoms with Crippen LogP contribution in [0.2, 0.25) is 0 Å². The van der Waals surface area contributed by atoms with Gasteiger partial charge in [0.15, 0.2) is 0 Å². The molecule has 0 aliphatic heterocycles. The molecule has 23 heavy (non-hydrogen) atoms. The first-order chi connectivity index (χ1) is 11.1. The van der Waals surface area contributed by atoms with E-state index in [9.17, 15) is 14.4 Å². The standard InChI is InChI=1S/C16H21NO6/c1-21-15(19)9-8-13(16(20)22-2)17-14(18)11-23-10-12-6-4-3-5-7-12/h3-7,13H,8-11H2,1-2H3,(H,17,18)/t13-/m1/s1. The summed E-state index contributed by atoms with van der Waals surface area (Å²) >= 11 is 0. The van der Waals surface area contributed by atoms with E-state index in [1.165, 1.54) is 14.2 Å². The Bertz CT molecular complexity index is 517. The lowest BCUT2D eigenvalue weighted by Gasteiger charge is -2.16. The highest BCUT2D eigenvalue weighted by molar-refractivity contribution is 5.85. The van der Waals surface area contributed by atoms with E-state index in [2.05, 4.69) is 14.8 Å².